The monoisotopic (exact) mass is 530 g/mol. The number of allylic oxidation sites excluding steroid dienone is 4. The minimum atomic E-state index is 0.177. The molecule has 0 atom stereocenters. The quantitative estimate of drug-likeness (QED) is 0.254. The molecule has 0 radical (unpaired) electrons. The van der Waals surface area contributed by atoms with Crippen LogP contribution in [-0.2, 0) is 41.5 Å². The molecular weight excluding hydrogens is 488 g/mol. The van der Waals surface area contributed by atoms with Gasteiger partial charge in [-0.05, 0) is 17.4 Å². The molecule has 0 aliphatic heterocycles. The summed E-state index contributed by atoms with van der Waals surface area (Å²) in [4.78, 5) is 0. The molecule has 2 aliphatic rings. The minimum absolute atomic E-state index is 0.177. The summed E-state index contributed by atoms with van der Waals surface area (Å²) in [6.45, 7) is 24.6. The standard InChI is InChI=1S/C21H25.C9H13.C3H6.Zr/c1-20(2,3)16-9-7-14-11-15-8-10-17(21(4,5)6)13-19(15)18(14)12-16;1-9(2,3)8-6-4-5-7-8;1-3-2;/h7,9-10,12-13H,11H2,1-6H3;6-7H,4H2,1-3H3;1-2H3;/q2*-1;;+2. The molecule has 2 aromatic carbocycles. The molecule has 0 spiro atoms. The SMILES string of the molecule is CC(C)(C)C1=CC[C-]=C1.CC(C)(C)c1c[c-]c2c(c1)-c1cc(C(C)(C)C)ccc1C2.C[C](C)=[Zr+2]. The number of benzene rings is 2. The Labute approximate surface area is 225 Å². The molecule has 0 saturated carbocycles. The van der Waals surface area contributed by atoms with Gasteiger partial charge >= 0.3 is 41.3 Å². The van der Waals surface area contributed by atoms with Gasteiger partial charge in [0.05, 0.1) is 0 Å². The summed E-state index contributed by atoms with van der Waals surface area (Å²) in [5, 5.41) is 0. The molecule has 2 aliphatic carbocycles. The van der Waals surface area contributed by atoms with Gasteiger partial charge in [0.2, 0.25) is 0 Å². The maximum absolute atomic E-state index is 3.53. The molecular formula is C33H44Zr. The van der Waals surface area contributed by atoms with E-state index in [2.05, 4.69) is 131 Å². The van der Waals surface area contributed by atoms with Crippen LogP contribution < -0.4 is 0 Å². The fourth-order valence-corrected chi connectivity index (χ4v) is 3.90. The van der Waals surface area contributed by atoms with Crippen molar-refractivity contribution in [3.63, 3.8) is 0 Å². The maximum atomic E-state index is 3.53. The van der Waals surface area contributed by atoms with E-state index in [1.54, 1.807) is 24.2 Å². The van der Waals surface area contributed by atoms with E-state index in [9.17, 15) is 0 Å². The van der Waals surface area contributed by atoms with E-state index < -0.39 is 0 Å². The summed E-state index contributed by atoms with van der Waals surface area (Å²) in [7, 11) is 0. The third-order valence-corrected chi connectivity index (χ3v) is 6.09. The Balaban J connectivity index is 0.000000260. The summed E-state index contributed by atoms with van der Waals surface area (Å²) in [6, 6.07) is 15.1. The van der Waals surface area contributed by atoms with Crippen LogP contribution in [0.1, 0.15) is 105 Å². The third kappa shape index (κ3) is 8.12. The number of fused-ring (bicyclic) bond motifs is 3. The van der Waals surface area contributed by atoms with Crippen LogP contribution in [0.5, 0.6) is 0 Å². The van der Waals surface area contributed by atoms with Gasteiger partial charge in [0.1, 0.15) is 0 Å². The van der Waals surface area contributed by atoms with E-state index >= 15 is 0 Å². The fourth-order valence-electron chi connectivity index (χ4n) is 3.90. The van der Waals surface area contributed by atoms with Gasteiger partial charge in [-0.15, -0.1) is 12.0 Å². The van der Waals surface area contributed by atoms with Gasteiger partial charge in [0.15, 0.2) is 0 Å². The zero-order chi connectivity index (χ0) is 25.9. The van der Waals surface area contributed by atoms with Crippen LogP contribution >= 0.6 is 0 Å². The van der Waals surface area contributed by atoms with Crippen molar-refractivity contribution in [2.24, 2.45) is 5.41 Å². The predicted octanol–water partition coefficient (Wildman–Crippen LogP) is 9.12. The van der Waals surface area contributed by atoms with Crippen LogP contribution in [0.4, 0.5) is 0 Å². The van der Waals surface area contributed by atoms with E-state index in [1.807, 2.05) is 0 Å². The number of hydrogen-bond acceptors (Lipinski definition) is 0. The molecule has 34 heavy (non-hydrogen) atoms. The van der Waals surface area contributed by atoms with Gasteiger partial charge in [0, 0.05) is 0 Å². The van der Waals surface area contributed by atoms with E-state index in [0.29, 0.717) is 5.41 Å². The van der Waals surface area contributed by atoms with Crippen molar-refractivity contribution < 1.29 is 24.2 Å². The Hall–Kier alpha value is -1.33. The third-order valence-electron chi connectivity index (χ3n) is 6.09. The summed E-state index contributed by atoms with van der Waals surface area (Å²) in [5.41, 5.74) is 10.5. The van der Waals surface area contributed by atoms with Crippen LogP contribution in [0.2, 0.25) is 0 Å². The van der Waals surface area contributed by atoms with Crippen LogP contribution in [0.15, 0.2) is 48.1 Å². The molecule has 0 saturated heterocycles. The van der Waals surface area contributed by atoms with Crippen molar-refractivity contribution >= 4 is 3.21 Å². The summed E-state index contributed by atoms with van der Waals surface area (Å²) in [6.07, 6.45) is 9.53. The van der Waals surface area contributed by atoms with E-state index in [1.165, 1.54) is 42.2 Å². The number of hydrogen-bond donors (Lipinski definition) is 0. The predicted molar refractivity (Wildman–Crippen MR) is 147 cm³/mol. The second-order valence-electron chi connectivity index (χ2n) is 12.8. The van der Waals surface area contributed by atoms with E-state index in [0.717, 1.165) is 12.8 Å². The van der Waals surface area contributed by atoms with Gasteiger partial charge < -0.3 is 0 Å². The van der Waals surface area contributed by atoms with Crippen LogP contribution in [0.3, 0.4) is 0 Å². The molecule has 0 aromatic heterocycles. The average molecular weight is 532 g/mol. The second-order valence-corrected chi connectivity index (χ2v) is 15.2. The molecule has 1 heteroatoms. The van der Waals surface area contributed by atoms with Crippen LogP contribution in [0, 0.1) is 17.6 Å². The van der Waals surface area contributed by atoms with Gasteiger partial charge in [-0.3, -0.25) is 6.08 Å². The summed E-state index contributed by atoms with van der Waals surface area (Å²) < 4.78 is 1.51. The Kier molecular flexibility index (Phi) is 9.49. The molecule has 4 rings (SSSR count). The van der Waals surface area contributed by atoms with Crippen molar-refractivity contribution in [1.29, 1.82) is 0 Å². The Bertz CT molecular complexity index is 1010. The zero-order valence-corrected chi connectivity index (χ0v) is 25.9. The molecule has 0 N–H and O–H groups in total. The van der Waals surface area contributed by atoms with Gasteiger partial charge in [0.25, 0.3) is 0 Å². The first kappa shape index (κ1) is 28.9. The van der Waals surface area contributed by atoms with E-state index in [4.69, 9.17) is 0 Å². The first-order valence-corrected chi connectivity index (χ1v) is 13.7. The molecule has 0 bridgehead atoms. The normalized spacial score (nSPS) is 14.3. The van der Waals surface area contributed by atoms with Gasteiger partial charge in [-0.1, -0.05) is 102 Å². The molecule has 0 fully saturated rings. The van der Waals surface area contributed by atoms with Crippen molar-refractivity contribution in [2.75, 3.05) is 0 Å². The molecule has 180 valence electrons. The van der Waals surface area contributed by atoms with Gasteiger partial charge in [-0.25, -0.2) is 6.08 Å². The Morgan fingerprint density at radius 2 is 1.35 bits per heavy atom. The fraction of sp³-hybridized carbons (Fsp3) is 0.485. The van der Waals surface area contributed by atoms with Crippen LogP contribution in [0.25, 0.3) is 11.1 Å². The van der Waals surface area contributed by atoms with Crippen molar-refractivity contribution in [2.45, 2.75) is 99.8 Å². The van der Waals surface area contributed by atoms with E-state index in [-0.39, 0.29) is 10.8 Å². The van der Waals surface area contributed by atoms with Gasteiger partial charge in [-0.2, -0.15) is 41.0 Å². The molecule has 0 heterocycles. The summed E-state index contributed by atoms with van der Waals surface area (Å²) in [5.74, 6) is 0. The molecule has 0 unspecified atom stereocenters. The molecule has 0 nitrogen and oxygen atoms in total. The van der Waals surface area contributed by atoms with Crippen molar-refractivity contribution in [1.82, 2.24) is 0 Å². The first-order chi connectivity index (χ1) is 15.5. The Morgan fingerprint density at radius 3 is 1.79 bits per heavy atom. The second kappa shape index (κ2) is 11.2. The average Bonchev–Trinajstić information content (AvgIpc) is 3.33. The Morgan fingerprint density at radius 1 is 0.794 bits per heavy atom. The first-order valence-electron chi connectivity index (χ1n) is 12.5. The van der Waals surface area contributed by atoms with Crippen molar-refractivity contribution in [3.05, 3.63) is 82.5 Å². The van der Waals surface area contributed by atoms with Crippen LogP contribution in [-0.4, -0.2) is 3.21 Å². The topological polar surface area (TPSA) is 0 Å². The van der Waals surface area contributed by atoms with Crippen molar-refractivity contribution in [3.8, 4) is 11.1 Å². The zero-order valence-electron chi connectivity index (χ0n) is 23.5. The molecule has 0 amide bonds. The summed E-state index contributed by atoms with van der Waals surface area (Å²) >= 11 is 1.55. The molecule has 2 aromatic rings. The number of rotatable bonds is 0.